The minimum atomic E-state index is -1.02. The van der Waals surface area contributed by atoms with Crippen molar-refractivity contribution in [1.29, 1.82) is 0 Å². The molecule has 2 aromatic rings. The zero-order valence-corrected chi connectivity index (χ0v) is 10.0. The number of nitrogens with zero attached hydrogens (tertiary/aromatic N) is 1. The number of carboxylic acids is 1. The highest BCUT2D eigenvalue weighted by atomic mass is 35.5. The standard InChI is InChI=1S/C12H7Cl2NO2/c13-8-3-7(4-9(14)5-8)11-6-15-2-1-10(11)12(16)17/h1-6H,(H,16,17). The summed E-state index contributed by atoms with van der Waals surface area (Å²) < 4.78 is 0. The van der Waals surface area contributed by atoms with Crippen LogP contribution in [-0.4, -0.2) is 16.1 Å². The predicted molar refractivity (Wildman–Crippen MR) is 66.7 cm³/mol. The quantitative estimate of drug-likeness (QED) is 0.902. The van der Waals surface area contributed by atoms with Crippen molar-refractivity contribution in [3.05, 3.63) is 52.3 Å². The number of benzene rings is 1. The highest BCUT2D eigenvalue weighted by molar-refractivity contribution is 6.35. The summed E-state index contributed by atoms with van der Waals surface area (Å²) in [5.74, 6) is -1.02. The Labute approximate surface area is 108 Å². The molecule has 17 heavy (non-hydrogen) atoms. The van der Waals surface area contributed by atoms with Crippen LogP contribution in [0.4, 0.5) is 0 Å². The van der Waals surface area contributed by atoms with E-state index in [4.69, 9.17) is 28.3 Å². The SMILES string of the molecule is O=C(O)c1ccncc1-c1cc(Cl)cc(Cl)c1. The Hall–Kier alpha value is -1.58. The molecule has 86 valence electrons. The van der Waals surface area contributed by atoms with Crippen LogP contribution < -0.4 is 0 Å². The van der Waals surface area contributed by atoms with Crippen LogP contribution >= 0.6 is 23.2 Å². The smallest absolute Gasteiger partial charge is 0.336 e. The summed E-state index contributed by atoms with van der Waals surface area (Å²) in [5, 5.41) is 9.97. The van der Waals surface area contributed by atoms with Gasteiger partial charge in [-0.1, -0.05) is 23.2 Å². The summed E-state index contributed by atoms with van der Waals surface area (Å²) in [5.41, 5.74) is 1.29. The van der Waals surface area contributed by atoms with E-state index >= 15 is 0 Å². The lowest BCUT2D eigenvalue weighted by Gasteiger charge is -2.06. The van der Waals surface area contributed by atoms with E-state index in [9.17, 15) is 4.79 Å². The molecule has 1 N–H and O–H groups in total. The van der Waals surface area contributed by atoms with Gasteiger partial charge in [-0.3, -0.25) is 4.98 Å². The van der Waals surface area contributed by atoms with E-state index in [0.29, 0.717) is 21.2 Å². The van der Waals surface area contributed by atoms with Gasteiger partial charge in [0.2, 0.25) is 0 Å². The number of hydrogen-bond acceptors (Lipinski definition) is 2. The van der Waals surface area contributed by atoms with E-state index in [1.54, 1.807) is 18.2 Å². The van der Waals surface area contributed by atoms with E-state index in [1.165, 1.54) is 18.5 Å². The zero-order valence-electron chi connectivity index (χ0n) is 8.52. The minimum absolute atomic E-state index is 0.165. The fourth-order valence-electron chi connectivity index (χ4n) is 1.52. The molecule has 2 rings (SSSR count). The molecule has 0 bridgehead atoms. The molecular weight excluding hydrogens is 261 g/mol. The van der Waals surface area contributed by atoms with Crippen molar-refractivity contribution in [3.8, 4) is 11.1 Å². The van der Waals surface area contributed by atoms with Gasteiger partial charge < -0.3 is 5.11 Å². The van der Waals surface area contributed by atoms with Crippen molar-refractivity contribution in [1.82, 2.24) is 4.98 Å². The third kappa shape index (κ3) is 2.57. The molecule has 0 saturated carbocycles. The molecule has 1 aromatic heterocycles. The van der Waals surface area contributed by atoms with Gasteiger partial charge in [0.05, 0.1) is 5.56 Å². The number of pyridine rings is 1. The van der Waals surface area contributed by atoms with Crippen LogP contribution in [0.3, 0.4) is 0 Å². The average Bonchev–Trinajstić information content (AvgIpc) is 2.27. The largest absolute Gasteiger partial charge is 0.478 e. The Bertz CT molecular complexity index is 564. The van der Waals surface area contributed by atoms with Crippen LogP contribution in [0.15, 0.2) is 36.7 Å². The van der Waals surface area contributed by atoms with Crippen LogP contribution in [0.2, 0.25) is 10.0 Å². The first kappa shape index (κ1) is 11.9. The van der Waals surface area contributed by atoms with Gasteiger partial charge in [-0.25, -0.2) is 4.79 Å². The molecule has 0 aliphatic heterocycles. The highest BCUT2D eigenvalue weighted by Gasteiger charge is 2.12. The first-order valence-corrected chi connectivity index (χ1v) is 5.47. The predicted octanol–water partition coefficient (Wildman–Crippen LogP) is 3.75. The summed E-state index contributed by atoms with van der Waals surface area (Å²) in [6, 6.07) is 6.32. The average molecular weight is 268 g/mol. The lowest BCUT2D eigenvalue weighted by molar-refractivity contribution is 0.0697. The van der Waals surface area contributed by atoms with Gasteiger partial charge in [0.15, 0.2) is 0 Å². The normalized spacial score (nSPS) is 10.2. The Kier molecular flexibility index (Phi) is 3.31. The highest BCUT2D eigenvalue weighted by Crippen LogP contribution is 2.28. The van der Waals surface area contributed by atoms with Gasteiger partial charge in [0, 0.05) is 28.0 Å². The monoisotopic (exact) mass is 267 g/mol. The van der Waals surface area contributed by atoms with Gasteiger partial charge in [-0.2, -0.15) is 0 Å². The lowest BCUT2D eigenvalue weighted by atomic mass is 10.0. The lowest BCUT2D eigenvalue weighted by Crippen LogP contribution is -1.99. The molecule has 3 nitrogen and oxygen atoms in total. The van der Waals surface area contributed by atoms with Crippen molar-refractivity contribution in [2.75, 3.05) is 0 Å². The molecule has 1 heterocycles. The Morgan fingerprint density at radius 2 is 1.82 bits per heavy atom. The van der Waals surface area contributed by atoms with Gasteiger partial charge in [-0.05, 0) is 29.8 Å². The molecule has 5 heteroatoms. The van der Waals surface area contributed by atoms with E-state index in [0.717, 1.165) is 0 Å². The van der Waals surface area contributed by atoms with Crippen LogP contribution in [0.25, 0.3) is 11.1 Å². The Morgan fingerprint density at radius 1 is 1.18 bits per heavy atom. The number of aromatic nitrogens is 1. The van der Waals surface area contributed by atoms with Crippen molar-refractivity contribution in [2.45, 2.75) is 0 Å². The number of halogens is 2. The molecule has 0 aliphatic carbocycles. The summed E-state index contributed by atoms with van der Waals surface area (Å²) in [7, 11) is 0. The summed E-state index contributed by atoms with van der Waals surface area (Å²) in [6.07, 6.45) is 2.91. The topological polar surface area (TPSA) is 50.2 Å². The molecule has 0 spiro atoms. The maximum atomic E-state index is 11.1. The fraction of sp³-hybridized carbons (Fsp3) is 0. The Morgan fingerprint density at radius 3 is 2.41 bits per heavy atom. The van der Waals surface area contributed by atoms with Gasteiger partial charge >= 0.3 is 5.97 Å². The molecule has 0 saturated heterocycles. The van der Waals surface area contributed by atoms with E-state index in [2.05, 4.69) is 4.98 Å². The summed E-state index contributed by atoms with van der Waals surface area (Å²) in [6.45, 7) is 0. The molecular formula is C12H7Cl2NO2. The molecule has 0 radical (unpaired) electrons. The first-order valence-electron chi connectivity index (χ1n) is 4.71. The van der Waals surface area contributed by atoms with Crippen molar-refractivity contribution < 1.29 is 9.90 Å². The molecule has 0 atom stereocenters. The van der Waals surface area contributed by atoms with Gasteiger partial charge in [-0.15, -0.1) is 0 Å². The third-order valence-electron chi connectivity index (χ3n) is 2.23. The second-order valence-electron chi connectivity index (χ2n) is 3.38. The maximum absolute atomic E-state index is 11.1. The van der Waals surface area contributed by atoms with Crippen LogP contribution in [-0.2, 0) is 0 Å². The van der Waals surface area contributed by atoms with Gasteiger partial charge in [0.25, 0.3) is 0 Å². The minimum Gasteiger partial charge on any atom is -0.478 e. The first-order chi connectivity index (χ1) is 8.08. The fourth-order valence-corrected chi connectivity index (χ4v) is 2.05. The second kappa shape index (κ2) is 4.73. The molecule has 0 amide bonds. The van der Waals surface area contributed by atoms with Crippen LogP contribution in [0.5, 0.6) is 0 Å². The number of carbonyl (C=O) groups is 1. The number of rotatable bonds is 2. The third-order valence-corrected chi connectivity index (χ3v) is 2.66. The maximum Gasteiger partial charge on any atom is 0.336 e. The number of aromatic carboxylic acids is 1. The van der Waals surface area contributed by atoms with E-state index < -0.39 is 5.97 Å². The zero-order chi connectivity index (χ0) is 12.4. The number of carboxylic acid groups (broad SMARTS) is 1. The molecule has 0 unspecified atom stereocenters. The second-order valence-corrected chi connectivity index (χ2v) is 4.26. The Balaban J connectivity index is 2.64. The molecule has 1 aromatic carbocycles. The summed E-state index contributed by atoms with van der Waals surface area (Å²) >= 11 is 11.8. The van der Waals surface area contributed by atoms with Crippen LogP contribution in [0, 0.1) is 0 Å². The van der Waals surface area contributed by atoms with Crippen molar-refractivity contribution in [3.63, 3.8) is 0 Å². The van der Waals surface area contributed by atoms with Crippen molar-refractivity contribution >= 4 is 29.2 Å². The van der Waals surface area contributed by atoms with Crippen LogP contribution in [0.1, 0.15) is 10.4 Å². The van der Waals surface area contributed by atoms with E-state index in [1.807, 2.05) is 0 Å². The van der Waals surface area contributed by atoms with Crippen molar-refractivity contribution in [2.24, 2.45) is 0 Å². The molecule has 0 aliphatic rings. The summed E-state index contributed by atoms with van der Waals surface area (Å²) in [4.78, 5) is 15.0. The van der Waals surface area contributed by atoms with E-state index in [-0.39, 0.29) is 5.56 Å². The number of hydrogen-bond donors (Lipinski definition) is 1. The van der Waals surface area contributed by atoms with Gasteiger partial charge in [0.1, 0.15) is 0 Å². The molecule has 0 fully saturated rings.